The number of nitrogens with zero attached hydrogens (tertiary/aromatic N) is 3. The Balaban J connectivity index is 0.00000261. The van der Waals surface area contributed by atoms with Gasteiger partial charge in [0.25, 0.3) is 0 Å². The van der Waals surface area contributed by atoms with E-state index >= 15 is 0 Å². The molecule has 0 bridgehead atoms. The Morgan fingerprint density at radius 2 is 2.19 bits per heavy atom. The molecular formula is C19H30IN5S2. The fourth-order valence-electron chi connectivity index (χ4n) is 3.12. The zero-order valence-electron chi connectivity index (χ0n) is 16.5. The molecule has 1 aliphatic rings. The minimum atomic E-state index is 0. The fraction of sp³-hybridized carbons (Fsp3) is 0.579. The van der Waals surface area contributed by atoms with E-state index in [0.717, 1.165) is 42.8 Å². The molecule has 1 unspecified atom stereocenters. The molecular weight excluding hydrogens is 489 g/mol. The highest BCUT2D eigenvalue weighted by Crippen LogP contribution is 2.25. The highest BCUT2D eigenvalue weighted by Gasteiger charge is 2.21. The standard InChI is InChI=1S/C19H29N5S2.HI/c1-5-20-19(22-11-18-23-14(3)15(4)26-18)21-10-13(2)24-8-6-17-16(12-24)7-9-25-17;/h7,9,13H,5-6,8,10-12H2,1-4H3,(H2,20,21,22);1H. The third-order valence-corrected chi connectivity index (χ3v) is 6.90. The van der Waals surface area contributed by atoms with Gasteiger partial charge in [0.2, 0.25) is 0 Å². The lowest BCUT2D eigenvalue weighted by Crippen LogP contribution is -2.47. The molecule has 1 aliphatic heterocycles. The highest BCUT2D eigenvalue weighted by molar-refractivity contribution is 14.0. The number of hydrogen-bond acceptors (Lipinski definition) is 5. The lowest BCUT2D eigenvalue weighted by Gasteiger charge is -2.32. The van der Waals surface area contributed by atoms with Crippen molar-refractivity contribution in [2.45, 2.75) is 53.2 Å². The van der Waals surface area contributed by atoms with E-state index in [2.05, 4.69) is 59.7 Å². The summed E-state index contributed by atoms with van der Waals surface area (Å²) in [6, 6.07) is 2.74. The van der Waals surface area contributed by atoms with Crippen LogP contribution in [-0.4, -0.2) is 41.5 Å². The van der Waals surface area contributed by atoms with Gasteiger partial charge in [-0.3, -0.25) is 4.90 Å². The summed E-state index contributed by atoms with van der Waals surface area (Å²) in [6.07, 6.45) is 1.17. The molecule has 8 heteroatoms. The second-order valence-electron chi connectivity index (χ2n) is 6.76. The van der Waals surface area contributed by atoms with Gasteiger partial charge in [0.1, 0.15) is 5.01 Å². The molecule has 0 saturated heterocycles. The van der Waals surface area contributed by atoms with Crippen LogP contribution in [-0.2, 0) is 19.5 Å². The predicted molar refractivity (Wildman–Crippen MR) is 128 cm³/mol. The van der Waals surface area contributed by atoms with E-state index < -0.39 is 0 Å². The second kappa shape index (κ2) is 10.7. The van der Waals surface area contributed by atoms with E-state index in [0.29, 0.717) is 12.6 Å². The lowest BCUT2D eigenvalue weighted by molar-refractivity contribution is 0.192. The average Bonchev–Trinajstić information content (AvgIpc) is 3.22. The SMILES string of the molecule is CCNC(=NCc1nc(C)c(C)s1)NCC(C)N1CCc2sccc2C1.I. The monoisotopic (exact) mass is 519 g/mol. The van der Waals surface area contributed by atoms with Crippen molar-refractivity contribution in [1.82, 2.24) is 20.5 Å². The van der Waals surface area contributed by atoms with Gasteiger partial charge in [-0.1, -0.05) is 0 Å². The number of rotatable bonds is 6. The topological polar surface area (TPSA) is 52.6 Å². The van der Waals surface area contributed by atoms with Crippen LogP contribution in [0.4, 0.5) is 0 Å². The largest absolute Gasteiger partial charge is 0.357 e. The van der Waals surface area contributed by atoms with Gasteiger partial charge in [0.15, 0.2) is 5.96 Å². The third-order valence-electron chi connectivity index (χ3n) is 4.81. The van der Waals surface area contributed by atoms with Gasteiger partial charge in [0, 0.05) is 42.0 Å². The first-order chi connectivity index (χ1) is 12.6. The summed E-state index contributed by atoms with van der Waals surface area (Å²) in [5.41, 5.74) is 2.62. The number of thiophene rings is 1. The van der Waals surface area contributed by atoms with Gasteiger partial charge in [-0.05, 0) is 51.1 Å². The van der Waals surface area contributed by atoms with Gasteiger partial charge in [-0.25, -0.2) is 9.98 Å². The minimum absolute atomic E-state index is 0. The fourth-order valence-corrected chi connectivity index (χ4v) is 4.86. The number of guanidine groups is 1. The molecule has 3 rings (SSSR count). The molecule has 2 aromatic rings. The third kappa shape index (κ3) is 6.13. The maximum Gasteiger partial charge on any atom is 0.191 e. The normalized spacial score (nSPS) is 15.8. The number of thiazole rings is 1. The van der Waals surface area contributed by atoms with E-state index in [4.69, 9.17) is 4.99 Å². The Bertz CT molecular complexity index is 736. The van der Waals surface area contributed by atoms with Crippen molar-refractivity contribution in [3.63, 3.8) is 0 Å². The van der Waals surface area contributed by atoms with E-state index in [-0.39, 0.29) is 24.0 Å². The molecule has 0 fully saturated rings. The summed E-state index contributed by atoms with van der Waals surface area (Å²) < 4.78 is 0. The van der Waals surface area contributed by atoms with E-state index in [9.17, 15) is 0 Å². The summed E-state index contributed by atoms with van der Waals surface area (Å²) in [4.78, 5) is 14.7. The summed E-state index contributed by atoms with van der Waals surface area (Å²) in [6.45, 7) is 13.1. The molecule has 0 radical (unpaired) electrons. The predicted octanol–water partition coefficient (Wildman–Crippen LogP) is 3.94. The molecule has 2 N–H and O–H groups in total. The minimum Gasteiger partial charge on any atom is -0.357 e. The van der Waals surface area contributed by atoms with Crippen LogP contribution in [0.3, 0.4) is 0 Å². The zero-order valence-corrected chi connectivity index (χ0v) is 20.5. The summed E-state index contributed by atoms with van der Waals surface area (Å²) in [5, 5.41) is 10.1. The van der Waals surface area contributed by atoms with Crippen molar-refractivity contribution >= 4 is 52.6 Å². The highest BCUT2D eigenvalue weighted by atomic mass is 127. The van der Waals surface area contributed by atoms with Crippen molar-refractivity contribution < 1.29 is 0 Å². The quantitative estimate of drug-likeness (QED) is 0.345. The van der Waals surface area contributed by atoms with Crippen LogP contribution in [0.1, 0.15) is 39.9 Å². The Kier molecular flexibility index (Phi) is 8.97. The maximum absolute atomic E-state index is 4.71. The number of aromatic nitrogens is 1. The Labute approximate surface area is 187 Å². The molecule has 27 heavy (non-hydrogen) atoms. The smallest absolute Gasteiger partial charge is 0.191 e. The molecule has 0 saturated carbocycles. The van der Waals surface area contributed by atoms with Crippen molar-refractivity contribution in [1.29, 1.82) is 0 Å². The van der Waals surface area contributed by atoms with E-state index in [1.165, 1.54) is 16.9 Å². The van der Waals surface area contributed by atoms with Crippen molar-refractivity contribution in [3.05, 3.63) is 37.5 Å². The molecule has 0 spiro atoms. The van der Waals surface area contributed by atoms with Crippen LogP contribution in [0.5, 0.6) is 0 Å². The van der Waals surface area contributed by atoms with E-state index in [1.807, 2.05) is 11.3 Å². The first-order valence-corrected chi connectivity index (χ1v) is 11.0. The zero-order chi connectivity index (χ0) is 18.5. The Hall–Kier alpha value is -0.710. The number of aryl methyl sites for hydroxylation is 2. The molecule has 0 aliphatic carbocycles. The molecule has 5 nitrogen and oxygen atoms in total. The van der Waals surface area contributed by atoms with Crippen molar-refractivity contribution in [3.8, 4) is 0 Å². The molecule has 0 aromatic carbocycles. The Morgan fingerprint density at radius 1 is 1.37 bits per heavy atom. The molecule has 2 aromatic heterocycles. The maximum atomic E-state index is 4.71. The van der Waals surface area contributed by atoms with Gasteiger partial charge < -0.3 is 10.6 Å². The number of nitrogens with one attached hydrogen (secondary N) is 2. The van der Waals surface area contributed by atoms with Crippen LogP contribution < -0.4 is 10.6 Å². The van der Waals surface area contributed by atoms with Crippen molar-refractivity contribution in [2.75, 3.05) is 19.6 Å². The average molecular weight is 520 g/mol. The first-order valence-electron chi connectivity index (χ1n) is 9.31. The van der Waals surface area contributed by atoms with E-state index in [1.54, 1.807) is 16.2 Å². The van der Waals surface area contributed by atoms with Crippen LogP contribution in [0.25, 0.3) is 0 Å². The molecule has 3 heterocycles. The summed E-state index contributed by atoms with van der Waals surface area (Å²) in [7, 11) is 0. The van der Waals surface area contributed by atoms with Gasteiger partial charge >= 0.3 is 0 Å². The van der Waals surface area contributed by atoms with Crippen LogP contribution >= 0.6 is 46.7 Å². The van der Waals surface area contributed by atoms with Gasteiger partial charge in [-0.15, -0.1) is 46.7 Å². The van der Waals surface area contributed by atoms with Crippen LogP contribution in [0.2, 0.25) is 0 Å². The Morgan fingerprint density at radius 3 is 2.89 bits per heavy atom. The number of hydrogen-bond donors (Lipinski definition) is 2. The number of fused-ring (bicyclic) bond motifs is 1. The van der Waals surface area contributed by atoms with Gasteiger partial charge in [-0.2, -0.15) is 0 Å². The number of halogens is 1. The van der Waals surface area contributed by atoms with Crippen LogP contribution in [0, 0.1) is 13.8 Å². The molecule has 1 atom stereocenters. The molecule has 0 amide bonds. The first kappa shape index (κ1) is 22.6. The second-order valence-corrected chi connectivity index (χ2v) is 9.05. The van der Waals surface area contributed by atoms with Crippen LogP contribution in [0.15, 0.2) is 16.4 Å². The molecule has 150 valence electrons. The lowest BCUT2D eigenvalue weighted by atomic mass is 10.1. The van der Waals surface area contributed by atoms with Gasteiger partial charge in [0.05, 0.1) is 12.2 Å². The summed E-state index contributed by atoms with van der Waals surface area (Å²) >= 11 is 3.63. The number of aliphatic imine (C=N–C) groups is 1. The summed E-state index contributed by atoms with van der Waals surface area (Å²) in [5.74, 6) is 0.873. The van der Waals surface area contributed by atoms with Crippen molar-refractivity contribution in [2.24, 2.45) is 4.99 Å².